The number of benzene rings is 2. The van der Waals surface area contributed by atoms with Gasteiger partial charge < -0.3 is 14.2 Å². The smallest absolute Gasteiger partial charge is 0.219 e. The molecule has 30 heavy (non-hydrogen) atoms. The number of rotatable bonds is 6. The van der Waals surface area contributed by atoms with Crippen LogP contribution in [0.25, 0.3) is 10.9 Å². The van der Waals surface area contributed by atoms with Gasteiger partial charge in [0.25, 0.3) is 0 Å². The molecule has 0 amide bonds. The van der Waals surface area contributed by atoms with Gasteiger partial charge >= 0.3 is 0 Å². The van der Waals surface area contributed by atoms with Crippen molar-refractivity contribution >= 4 is 16.7 Å². The highest BCUT2D eigenvalue weighted by molar-refractivity contribution is 6.10. The van der Waals surface area contributed by atoms with E-state index in [4.69, 9.17) is 4.74 Å². The molecule has 2 atom stereocenters. The number of ether oxygens (including phenoxy) is 1. The quantitative estimate of drug-likeness (QED) is 0.634. The predicted octanol–water partition coefficient (Wildman–Crippen LogP) is 3.75. The zero-order valence-corrected chi connectivity index (χ0v) is 18.6. The van der Waals surface area contributed by atoms with Gasteiger partial charge in [0.05, 0.1) is 25.8 Å². The normalized spacial score (nSPS) is 21.7. The van der Waals surface area contributed by atoms with E-state index in [0.29, 0.717) is 18.4 Å². The average molecular weight is 406 g/mol. The number of quaternary nitrogens is 1. The molecule has 0 spiro atoms. The van der Waals surface area contributed by atoms with E-state index in [0.717, 1.165) is 47.5 Å². The third-order valence-corrected chi connectivity index (χ3v) is 6.48. The van der Waals surface area contributed by atoms with E-state index in [9.17, 15) is 4.79 Å². The minimum atomic E-state index is 0.244. The van der Waals surface area contributed by atoms with Crippen molar-refractivity contribution in [1.29, 1.82) is 0 Å². The molecule has 4 heteroatoms. The molecule has 0 saturated carbocycles. The van der Waals surface area contributed by atoms with Gasteiger partial charge in [-0.25, -0.2) is 0 Å². The summed E-state index contributed by atoms with van der Waals surface area (Å²) < 4.78 is 7.75. The maximum absolute atomic E-state index is 13.6. The number of Topliss-reactive ketones (excluding diaryl/α,β-unsaturated/α-hetero) is 1. The highest BCUT2D eigenvalue weighted by Gasteiger charge is 2.29. The zero-order valence-electron chi connectivity index (χ0n) is 18.6. The second-order valence-corrected chi connectivity index (χ2v) is 9.12. The van der Waals surface area contributed by atoms with Crippen molar-refractivity contribution in [1.82, 2.24) is 4.57 Å². The maximum atomic E-state index is 13.6. The number of nitrogens with zero attached hydrogens (tertiary/aromatic N) is 1. The first-order valence-corrected chi connectivity index (χ1v) is 11.0. The molecular weight excluding hydrogens is 372 g/mol. The standard InChI is InChI=1S/C26H32N2O2/c1-18-12-19(2)15-27(14-18)17-25(29)26-20(3)28(16-21-8-6-5-7-9-21)24-11-10-22(30-4)13-23(24)26/h5-11,13,18-19H,12,14-17H2,1-4H3/p+1/t18-,19-/m0/s1. The van der Waals surface area contributed by atoms with Gasteiger partial charge in [0.1, 0.15) is 12.3 Å². The Hall–Kier alpha value is -2.59. The summed E-state index contributed by atoms with van der Waals surface area (Å²) in [5, 5.41) is 1.00. The van der Waals surface area contributed by atoms with E-state index < -0.39 is 0 Å². The van der Waals surface area contributed by atoms with Crippen molar-refractivity contribution in [2.45, 2.75) is 33.7 Å². The van der Waals surface area contributed by atoms with E-state index in [1.165, 1.54) is 16.9 Å². The van der Waals surface area contributed by atoms with Crippen LogP contribution in [0.1, 0.15) is 41.9 Å². The summed E-state index contributed by atoms with van der Waals surface area (Å²) in [6.45, 7) is 10.2. The molecule has 0 unspecified atom stereocenters. The molecule has 1 N–H and O–H groups in total. The average Bonchev–Trinajstić information content (AvgIpc) is 2.98. The van der Waals surface area contributed by atoms with Crippen LogP contribution in [-0.4, -0.2) is 37.1 Å². The van der Waals surface area contributed by atoms with Gasteiger partial charge in [-0.3, -0.25) is 4.79 Å². The molecule has 1 fully saturated rings. The Bertz CT molecular complexity index is 1030. The molecule has 0 bridgehead atoms. The molecule has 1 aliphatic heterocycles. The predicted molar refractivity (Wildman–Crippen MR) is 122 cm³/mol. The van der Waals surface area contributed by atoms with Crippen molar-refractivity contribution in [3.63, 3.8) is 0 Å². The lowest BCUT2D eigenvalue weighted by atomic mass is 9.91. The van der Waals surface area contributed by atoms with Gasteiger partial charge in [0.2, 0.25) is 5.78 Å². The molecule has 3 aromatic rings. The summed E-state index contributed by atoms with van der Waals surface area (Å²) in [6, 6.07) is 16.5. The second-order valence-electron chi connectivity index (χ2n) is 9.12. The van der Waals surface area contributed by atoms with Crippen LogP contribution < -0.4 is 9.64 Å². The number of fused-ring (bicyclic) bond motifs is 1. The van der Waals surface area contributed by atoms with E-state index in [1.807, 2.05) is 18.2 Å². The van der Waals surface area contributed by atoms with Crippen LogP contribution in [0.3, 0.4) is 0 Å². The summed E-state index contributed by atoms with van der Waals surface area (Å²) in [7, 11) is 1.68. The van der Waals surface area contributed by atoms with Crippen LogP contribution in [0.15, 0.2) is 48.5 Å². The van der Waals surface area contributed by atoms with Crippen molar-refractivity contribution < 1.29 is 14.4 Å². The highest BCUT2D eigenvalue weighted by Crippen LogP contribution is 2.30. The number of carbonyl (C=O) groups excluding carboxylic acids is 1. The third-order valence-electron chi connectivity index (χ3n) is 6.48. The van der Waals surface area contributed by atoms with Crippen molar-refractivity contribution in [2.75, 3.05) is 26.7 Å². The lowest BCUT2D eigenvalue weighted by Gasteiger charge is -2.31. The molecule has 4 nitrogen and oxygen atoms in total. The van der Waals surface area contributed by atoms with Gasteiger partial charge in [-0.2, -0.15) is 0 Å². The number of aromatic nitrogens is 1. The molecule has 0 aliphatic carbocycles. The molecule has 2 heterocycles. The molecule has 1 saturated heterocycles. The summed E-state index contributed by atoms with van der Waals surface area (Å²) >= 11 is 0. The number of hydrogen-bond donors (Lipinski definition) is 1. The lowest BCUT2D eigenvalue weighted by molar-refractivity contribution is -0.903. The highest BCUT2D eigenvalue weighted by atomic mass is 16.5. The Labute approximate surface area is 179 Å². The van der Waals surface area contributed by atoms with Gasteiger partial charge in [-0.1, -0.05) is 44.2 Å². The Balaban J connectivity index is 1.72. The maximum Gasteiger partial charge on any atom is 0.219 e. The van der Waals surface area contributed by atoms with Crippen LogP contribution in [0, 0.1) is 18.8 Å². The van der Waals surface area contributed by atoms with Crippen LogP contribution in [0.2, 0.25) is 0 Å². The zero-order chi connectivity index (χ0) is 21.3. The number of methoxy groups -OCH3 is 1. The first kappa shape index (κ1) is 20.7. The fourth-order valence-electron chi connectivity index (χ4n) is 5.29. The SMILES string of the molecule is COc1ccc2c(c1)c(C(=O)C[NH+]1C[C@@H](C)C[C@H](C)C1)c(C)n2Cc1ccccc1. The Morgan fingerprint density at radius 3 is 2.47 bits per heavy atom. The Morgan fingerprint density at radius 2 is 1.80 bits per heavy atom. The van der Waals surface area contributed by atoms with Gasteiger partial charge in [0.15, 0.2) is 0 Å². The largest absolute Gasteiger partial charge is 0.497 e. The number of carbonyl (C=O) groups is 1. The lowest BCUT2D eigenvalue weighted by Crippen LogP contribution is -3.15. The fourth-order valence-corrected chi connectivity index (χ4v) is 5.29. The molecule has 0 radical (unpaired) electrons. The van der Waals surface area contributed by atoms with E-state index in [-0.39, 0.29) is 5.78 Å². The molecule has 1 aromatic heterocycles. The second kappa shape index (κ2) is 8.65. The summed E-state index contributed by atoms with van der Waals surface area (Å²) in [4.78, 5) is 15.0. The van der Waals surface area contributed by atoms with E-state index in [2.05, 4.69) is 55.7 Å². The molecule has 4 rings (SSSR count). The fraction of sp³-hybridized carbons (Fsp3) is 0.423. The minimum absolute atomic E-state index is 0.244. The van der Waals surface area contributed by atoms with E-state index >= 15 is 0 Å². The summed E-state index contributed by atoms with van der Waals surface area (Å²) in [5.41, 5.74) is 4.23. The Morgan fingerprint density at radius 1 is 1.10 bits per heavy atom. The first-order valence-electron chi connectivity index (χ1n) is 11.0. The van der Waals surface area contributed by atoms with Gasteiger partial charge in [0, 0.05) is 35.0 Å². The summed E-state index contributed by atoms with van der Waals surface area (Å²) in [6.07, 6.45) is 1.27. The summed E-state index contributed by atoms with van der Waals surface area (Å²) in [5.74, 6) is 2.39. The van der Waals surface area contributed by atoms with Gasteiger partial charge in [-0.05, 0) is 37.1 Å². The molecule has 2 aromatic carbocycles. The monoisotopic (exact) mass is 405 g/mol. The number of hydrogen-bond acceptors (Lipinski definition) is 2. The van der Waals surface area contributed by atoms with Crippen molar-refractivity contribution in [2.24, 2.45) is 11.8 Å². The third kappa shape index (κ3) is 4.15. The van der Waals surface area contributed by atoms with Crippen molar-refractivity contribution in [3.05, 3.63) is 65.4 Å². The molecule has 158 valence electrons. The number of likely N-dealkylation sites (tertiary alicyclic amines) is 1. The molecule has 1 aliphatic rings. The van der Waals surface area contributed by atoms with Crippen molar-refractivity contribution in [3.8, 4) is 5.75 Å². The van der Waals surface area contributed by atoms with Crippen LogP contribution in [0.4, 0.5) is 0 Å². The number of nitrogens with one attached hydrogen (secondary N) is 1. The van der Waals surface area contributed by atoms with Crippen LogP contribution in [0.5, 0.6) is 5.75 Å². The topological polar surface area (TPSA) is 35.7 Å². The number of ketones is 1. The van der Waals surface area contributed by atoms with Crippen LogP contribution in [-0.2, 0) is 6.54 Å². The van der Waals surface area contributed by atoms with Crippen LogP contribution >= 0.6 is 0 Å². The molecular formula is C26H33N2O2+. The number of piperidine rings is 1. The van der Waals surface area contributed by atoms with Gasteiger partial charge in [-0.15, -0.1) is 0 Å². The Kier molecular flexibility index (Phi) is 5.96. The first-order chi connectivity index (χ1) is 14.5. The minimum Gasteiger partial charge on any atom is -0.497 e. The van der Waals surface area contributed by atoms with E-state index in [1.54, 1.807) is 7.11 Å².